The van der Waals surface area contributed by atoms with E-state index in [-0.39, 0.29) is 11.9 Å². The van der Waals surface area contributed by atoms with E-state index in [0.29, 0.717) is 12.0 Å². The van der Waals surface area contributed by atoms with Crippen molar-refractivity contribution in [1.82, 2.24) is 20.3 Å². The molecule has 1 amide bonds. The molecule has 2 aromatic carbocycles. The number of rotatable bonds is 6. The van der Waals surface area contributed by atoms with Crippen LogP contribution in [0.4, 0.5) is 0 Å². The monoisotopic (exact) mass is 336 g/mol. The lowest BCUT2D eigenvalue weighted by Crippen LogP contribution is -2.33. The molecule has 2 atom stereocenters. The molecule has 2 N–H and O–H groups in total. The first kappa shape index (κ1) is 16.9. The average Bonchev–Trinajstić information content (AvgIpc) is 3.17. The van der Waals surface area contributed by atoms with Crippen LogP contribution >= 0.6 is 0 Å². The van der Waals surface area contributed by atoms with Gasteiger partial charge >= 0.3 is 0 Å². The number of carbonyl (C=O) groups excluding carboxylic acids is 1. The Labute approximate surface area is 146 Å². The topological polar surface area (TPSA) is 80.0 Å². The molecule has 0 aliphatic heterocycles. The third-order valence-electron chi connectivity index (χ3n) is 3.93. The van der Waals surface area contributed by atoms with Crippen LogP contribution in [-0.4, -0.2) is 32.0 Å². The molecule has 0 aliphatic carbocycles. The van der Waals surface area contributed by atoms with Gasteiger partial charge in [-0.05, 0) is 37.1 Å². The van der Waals surface area contributed by atoms with Crippen LogP contribution in [0.25, 0.3) is 5.69 Å². The minimum absolute atomic E-state index is 0.169. The Balaban J connectivity index is 1.63. The number of hydrogen-bond donors (Lipinski definition) is 2. The SMILES string of the molecule is CC(CC(O)c1ccccc1)NC(=O)c1cccc(-n2ccnn2)c1. The van der Waals surface area contributed by atoms with Crippen LogP contribution in [0.15, 0.2) is 67.0 Å². The standard InChI is InChI=1S/C19H20N4O2/c1-14(12-18(24)15-6-3-2-4-7-15)21-19(25)16-8-5-9-17(13-16)23-11-10-20-22-23/h2-11,13-14,18,24H,12H2,1H3,(H,21,25). The molecule has 0 saturated heterocycles. The molecule has 0 fully saturated rings. The molecule has 0 saturated carbocycles. The zero-order valence-corrected chi connectivity index (χ0v) is 13.9. The molecule has 0 spiro atoms. The van der Waals surface area contributed by atoms with E-state index < -0.39 is 6.10 Å². The van der Waals surface area contributed by atoms with Crippen molar-refractivity contribution < 1.29 is 9.90 Å². The van der Waals surface area contributed by atoms with Gasteiger partial charge in [-0.2, -0.15) is 0 Å². The van der Waals surface area contributed by atoms with Gasteiger partial charge in [0.05, 0.1) is 24.2 Å². The van der Waals surface area contributed by atoms with Crippen LogP contribution in [0.5, 0.6) is 0 Å². The van der Waals surface area contributed by atoms with Crippen LogP contribution < -0.4 is 5.32 Å². The molecular weight excluding hydrogens is 316 g/mol. The number of hydrogen-bond acceptors (Lipinski definition) is 4. The summed E-state index contributed by atoms with van der Waals surface area (Å²) < 4.78 is 1.60. The van der Waals surface area contributed by atoms with E-state index in [1.807, 2.05) is 43.3 Å². The van der Waals surface area contributed by atoms with Gasteiger partial charge in [-0.15, -0.1) is 5.10 Å². The van der Waals surface area contributed by atoms with Crippen molar-refractivity contribution in [2.45, 2.75) is 25.5 Å². The van der Waals surface area contributed by atoms with Crippen LogP contribution in [0.2, 0.25) is 0 Å². The summed E-state index contributed by atoms with van der Waals surface area (Å²) in [6.45, 7) is 1.88. The van der Waals surface area contributed by atoms with Gasteiger partial charge in [0.1, 0.15) is 0 Å². The number of aliphatic hydroxyl groups excluding tert-OH is 1. The second kappa shape index (κ2) is 7.72. The second-order valence-corrected chi connectivity index (χ2v) is 5.93. The number of amides is 1. The maximum atomic E-state index is 12.5. The van der Waals surface area contributed by atoms with E-state index in [9.17, 15) is 9.90 Å². The van der Waals surface area contributed by atoms with Crippen molar-refractivity contribution in [3.8, 4) is 5.69 Å². The van der Waals surface area contributed by atoms with Crippen molar-refractivity contribution in [3.63, 3.8) is 0 Å². The van der Waals surface area contributed by atoms with Gasteiger partial charge in [0.25, 0.3) is 5.91 Å². The molecule has 6 nitrogen and oxygen atoms in total. The maximum absolute atomic E-state index is 12.5. The lowest BCUT2D eigenvalue weighted by atomic mass is 10.0. The zero-order valence-electron chi connectivity index (χ0n) is 13.9. The molecule has 3 aromatic rings. The molecule has 3 rings (SSSR count). The summed E-state index contributed by atoms with van der Waals surface area (Å²) in [6, 6.07) is 16.4. The highest BCUT2D eigenvalue weighted by atomic mass is 16.3. The van der Waals surface area contributed by atoms with E-state index in [0.717, 1.165) is 11.3 Å². The third-order valence-corrected chi connectivity index (χ3v) is 3.93. The first-order valence-electron chi connectivity index (χ1n) is 8.14. The summed E-state index contributed by atoms with van der Waals surface area (Å²) in [7, 11) is 0. The van der Waals surface area contributed by atoms with E-state index in [1.54, 1.807) is 35.3 Å². The Bertz CT molecular complexity index is 818. The van der Waals surface area contributed by atoms with E-state index in [1.165, 1.54) is 0 Å². The summed E-state index contributed by atoms with van der Waals surface area (Å²) in [6.07, 6.45) is 3.13. The van der Waals surface area contributed by atoms with E-state index in [4.69, 9.17) is 0 Å². The maximum Gasteiger partial charge on any atom is 0.251 e. The molecule has 1 aromatic heterocycles. The fraction of sp³-hybridized carbons (Fsp3) is 0.211. The highest BCUT2D eigenvalue weighted by molar-refractivity contribution is 5.94. The van der Waals surface area contributed by atoms with Crippen LogP contribution in [0, 0.1) is 0 Å². The Morgan fingerprint density at radius 2 is 2.00 bits per heavy atom. The van der Waals surface area contributed by atoms with Crippen molar-refractivity contribution in [1.29, 1.82) is 0 Å². The Hall–Kier alpha value is -2.99. The van der Waals surface area contributed by atoms with E-state index in [2.05, 4.69) is 15.6 Å². The Morgan fingerprint density at radius 1 is 1.20 bits per heavy atom. The normalized spacial score (nSPS) is 13.2. The first-order valence-corrected chi connectivity index (χ1v) is 8.14. The lowest BCUT2D eigenvalue weighted by molar-refractivity contribution is 0.0917. The molecule has 0 aliphatic rings. The molecule has 128 valence electrons. The molecule has 25 heavy (non-hydrogen) atoms. The minimum Gasteiger partial charge on any atom is -0.388 e. The predicted octanol–water partition coefficient (Wildman–Crippen LogP) is 2.51. The highest BCUT2D eigenvalue weighted by Gasteiger charge is 2.15. The minimum atomic E-state index is -0.613. The van der Waals surface area contributed by atoms with Crippen molar-refractivity contribution in [2.24, 2.45) is 0 Å². The number of benzene rings is 2. The fourth-order valence-corrected chi connectivity index (χ4v) is 2.65. The quantitative estimate of drug-likeness (QED) is 0.725. The number of nitrogens with zero attached hydrogens (tertiary/aromatic N) is 3. The predicted molar refractivity (Wildman–Crippen MR) is 94.3 cm³/mol. The summed E-state index contributed by atoms with van der Waals surface area (Å²) >= 11 is 0. The van der Waals surface area contributed by atoms with Gasteiger partial charge in [-0.25, -0.2) is 4.68 Å². The largest absolute Gasteiger partial charge is 0.388 e. The van der Waals surface area contributed by atoms with Gasteiger partial charge < -0.3 is 10.4 Å². The number of aliphatic hydroxyl groups is 1. The molecule has 0 radical (unpaired) electrons. The molecule has 0 bridgehead atoms. The third kappa shape index (κ3) is 4.30. The number of carbonyl (C=O) groups is 1. The van der Waals surface area contributed by atoms with Crippen LogP contribution in [0.1, 0.15) is 35.4 Å². The van der Waals surface area contributed by atoms with Crippen molar-refractivity contribution >= 4 is 5.91 Å². The van der Waals surface area contributed by atoms with Gasteiger partial charge in [-0.1, -0.05) is 41.6 Å². The zero-order chi connectivity index (χ0) is 17.6. The van der Waals surface area contributed by atoms with Crippen LogP contribution in [0.3, 0.4) is 0 Å². The molecular formula is C19H20N4O2. The summed E-state index contributed by atoms with van der Waals surface area (Å²) in [5, 5.41) is 20.9. The summed E-state index contributed by atoms with van der Waals surface area (Å²) in [5.74, 6) is -0.185. The van der Waals surface area contributed by atoms with Crippen LogP contribution in [-0.2, 0) is 0 Å². The Kier molecular flexibility index (Phi) is 5.20. The summed E-state index contributed by atoms with van der Waals surface area (Å²) in [4.78, 5) is 12.5. The lowest BCUT2D eigenvalue weighted by Gasteiger charge is -2.18. The van der Waals surface area contributed by atoms with Crippen molar-refractivity contribution in [2.75, 3.05) is 0 Å². The number of aromatic nitrogens is 3. The fourth-order valence-electron chi connectivity index (χ4n) is 2.65. The molecule has 1 heterocycles. The summed E-state index contributed by atoms with van der Waals surface area (Å²) in [5.41, 5.74) is 2.15. The second-order valence-electron chi connectivity index (χ2n) is 5.93. The molecule has 6 heteroatoms. The first-order chi connectivity index (χ1) is 12.1. The van der Waals surface area contributed by atoms with Gasteiger partial charge in [0.2, 0.25) is 0 Å². The Morgan fingerprint density at radius 3 is 2.72 bits per heavy atom. The van der Waals surface area contributed by atoms with Gasteiger partial charge in [0.15, 0.2) is 0 Å². The van der Waals surface area contributed by atoms with Gasteiger partial charge in [-0.3, -0.25) is 4.79 Å². The van der Waals surface area contributed by atoms with Crippen molar-refractivity contribution in [3.05, 3.63) is 78.1 Å². The smallest absolute Gasteiger partial charge is 0.251 e. The molecule has 2 unspecified atom stereocenters. The average molecular weight is 336 g/mol. The highest BCUT2D eigenvalue weighted by Crippen LogP contribution is 2.18. The van der Waals surface area contributed by atoms with E-state index >= 15 is 0 Å². The van der Waals surface area contributed by atoms with Gasteiger partial charge in [0, 0.05) is 11.6 Å². The number of nitrogens with one attached hydrogen (secondary N) is 1.